The number of imidazole rings is 1. The maximum absolute atomic E-state index is 13.3. The van der Waals surface area contributed by atoms with Crippen molar-refractivity contribution in [2.24, 2.45) is 0 Å². The number of hydrogen-bond acceptors (Lipinski definition) is 3. The number of nitrogens with zero attached hydrogens (tertiary/aromatic N) is 1. The van der Waals surface area contributed by atoms with Crippen LogP contribution in [0.3, 0.4) is 0 Å². The second kappa shape index (κ2) is 6.57. The van der Waals surface area contributed by atoms with Gasteiger partial charge in [-0.25, -0.2) is 14.2 Å². The molecule has 0 aliphatic carbocycles. The number of hydrogen-bond donors (Lipinski definition) is 3. The van der Waals surface area contributed by atoms with Crippen molar-refractivity contribution in [1.82, 2.24) is 15.3 Å². The zero-order valence-electron chi connectivity index (χ0n) is 12.9. The van der Waals surface area contributed by atoms with E-state index in [4.69, 9.17) is 9.84 Å². The van der Waals surface area contributed by atoms with Gasteiger partial charge in [0, 0.05) is 6.42 Å². The van der Waals surface area contributed by atoms with Crippen molar-refractivity contribution in [2.75, 3.05) is 7.11 Å². The number of methoxy groups -OCH3 is 1. The van der Waals surface area contributed by atoms with Gasteiger partial charge >= 0.3 is 6.09 Å². The minimum Gasteiger partial charge on any atom is -0.497 e. The number of nitrogens with one attached hydrogen (secondary N) is 2. The topological polar surface area (TPSA) is 87.2 Å². The summed E-state index contributed by atoms with van der Waals surface area (Å²) in [5.41, 5.74) is 2.02. The summed E-state index contributed by atoms with van der Waals surface area (Å²) in [6.07, 6.45) is -0.751. The van der Waals surface area contributed by atoms with Crippen LogP contribution in [0.25, 0.3) is 11.0 Å². The summed E-state index contributed by atoms with van der Waals surface area (Å²) >= 11 is 0. The molecule has 24 heavy (non-hydrogen) atoms. The molecule has 0 radical (unpaired) electrons. The quantitative estimate of drug-likeness (QED) is 0.670. The van der Waals surface area contributed by atoms with Gasteiger partial charge in [-0.15, -0.1) is 0 Å². The molecule has 0 saturated carbocycles. The molecule has 0 saturated heterocycles. The standard InChI is InChI=1S/C17H16FN3O3/c1-24-12-5-2-10(3-6-12)8-15(21-17(22)23)16-19-13-7-4-11(18)9-14(13)20-16/h2-7,9,15,21H,8H2,1H3,(H,19,20)(H,22,23)/t15-/m1/s1. The van der Waals surface area contributed by atoms with Gasteiger partial charge in [-0.05, 0) is 35.9 Å². The summed E-state index contributed by atoms with van der Waals surface area (Å²) in [5, 5.41) is 11.5. The Kier molecular flexibility index (Phi) is 4.33. The van der Waals surface area contributed by atoms with E-state index in [1.165, 1.54) is 12.1 Å². The van der Waals surface area contributed by atoms with E-state index < -0.39 is 12.1 Å². The molecule has 1 atom stereocenters. The number of halogens is 1. The Morgan fingerprint density at radius 2 is 2.08 bits per heavy atom. The first-order chi connectivity index (χ1) is 11.5. The molecule has 3 rings (SSSR count). The number of aromatic nitrogens is 2. The van der Waals surface area contributed by atoms with Gasteiger partial charge in [0.1, 0.15) is 17.4 Å². The third-order valence-electron chi connectivity index (χ3n) is 3.69. The average molecular weight is 329 g/mol. The first-order valence-corrected chi connectivity index (χ1v) is 7.32. The molecule has 0 aliphatic rings. The third-order valence-corrected chi connectivity index (χ3v) is 3.69. The predicted octanol–water partition coefficient (Wildman–Crippen LogP) is 3.26. The summed E-state index contributed by atoms with van der Waals surface area (Å²) < 4.78 is 18.4. The lowest BCUT2D eigenvalue weighted by Crippen LogP contribution is -2.29. The fourth-order valence-electron chi connectivity index (χ4n) is 2.53. The Balaban J connectivity index is 1.90. The van der Waals surface area contributed by atoms with Crippen molar-refractivity contribution in [3.63, 3.8) is 0 Å². The minimum atomic E-state index is -1.15. The monoisotopic (exact) mass is 329 g/mol. The molecule has 0 aliphatic heterocycles. The fourth-order valence-corrected chi connectivity index (χ4v) is 2.53. The van der Waals surface area contributed by atoms with Gasteiger partial charge in [-0.3, -0.25) is 0 Å². The number of H-pyrrole nitrogens is 1. The highest BCUT2D eigenvalue weighted by atomic mass is 19.1. The highest BCUT2D eigenvalue weighted by Gasteiger charge is 2.19. The molecule has 124 valence electrons. The number of ether oxygens (including phenoxy) is 1. The Morgan fingerprint density at radius 3 is 2.75 bits per heavy atom. The van der Waals surface area contributed by atoms with E-state index in [0.29, 0.717) is 23.3 Å². The van der Waals surface area contributed by atoms with Gasteiger partial charge in [0.05, 0.1) is 24.2 Å². The van der Waals surface area contributed by atoms with Crippen molar-refractivity contribution in [1.29, 1.82) is 0 Å². The highest BCUT2D eigenvalue weighted by molar-refractivity contribution is 5.75. The SMILES string of the molecule is COc1ccc(C[C@@H](NC(=O)O)c2nc3ccc(F)cc3[nH]2)cc1. The van der Waals surface area contributed by atoms with Gasteiger partial charge in [0.2, 0.25) is 0 Å². The molecule has 2 aromatic carbocycles. The summed E-state index contributed by atoms with van der Waals surface area (Å²) in [6, 6.07) is 11.0. The smallest absolute Gasteiger partial charge is 0.405 e. The van der Waals surface area contributed by atoms with Crippen molar-refractivity contribution >= 4 is 17.1 Å². The van der Waals surface area contributed by atoms with E-state index in [1.807, 2.05) is 12.1 Å². The van der Waals surface area contributed by atoms with E-state index in [2.05, 4.69) is 15.3 Å². The van der Waals surface area contributed by atoms with Crippen molar-refractivity contribution in [2.45, 2.75) is 12.5 Å². The second-order valence-electron chi connectivity index (χ2n) is 5.34. The van der Waals surface area contributed by atoms with Crippen molar-refractivity contribution < 1.29 is 19.0 Å². The van der Waals surface area contributed by atoms with E-state index in [0.717, 1.165) is 11.3 Å². The molecule has 0 spiro atoms. The van der Waals surface area contributed by atoms with Gasteiger partial charge in [-0.2, -0.15) is 0 Å². The lowest BCUT2D eigenvalue weighted by atomic mass is 10.1. The van der Waals surface area contributed by atoms with Crippen LogP contribution in [0, 0.1) is 5.82 Å². The Morgan fingerprint density at radius 1 is 1.33 bits per heavy atom. The molecule has 1 amide bonds. The molecular weight excluding hydrogens is 313 g/mol. The Hall–Kier alpha value is -3.09. The predicted molar refractivity (Wildman–Crippen MR) is 86.7 cm³/mol. The third kappa shape index (κ3) is 3.45. The molecule has 3 aromatic rings. The lowest BCUT2D eigenvalue weighted by molar-refractivity contribution is 0.189. The molecule has 0 bridgehead atoms. The number of carboxylic acid groups (broad SMARTS) is 1. The highest BCUT2D eigenvalue weighted by Crippen LogP contribution is 2.22. The molecule has 7 heteroatoms. The largest absolute Gasteiger partial charge is 0.497 e. The minimum absolute atomic E-state index is 0.379. The first kappa shape index (κ1) is 15.8. The molecule has 0 unspecified atom stereocenters. The average Bonchev–Trinajstić information content (AvgIpc) is 2.97. The zero-order valence-corrected chi connectivity index (χ0v) is 12.9. The summed E-state index contributed by atoms with van der Waals surface area (Å²) in [7, 11) is 1.58. The molecule has 1 heterocycles. The van der Waals surface area contributed by atoms with Gasteiger partial charge in [0.15, 0.2) is 0 Å². The van der Waals surface area contributed by atoms with Crippen LogP contribution in [0.15, 0.2) is 42.5 Å². The van der Waals surface area contributed by atoms with E-state index >= 15 is 0 Å². The molecule has 6 nitrogen and oxygen atoms in total. The normalized spacial score (nSPS) is 12.1. The second-order valence-corrected chi connectivity index (χ2v) is 5.34. The summed E-state index contributed by atoms with van der Waals surface area (Å²) in [6.45, 7) is 0. The summed E-state index contributed by atoms with van der Waals surface area (Å²) in [5.74, 6) is 0.783. The number of amides is 1. The van der Waals surface area contributed by atoms with Crippen LogP contribution in [0.1, 0.15) is 17.4 Å². The zero-order chi connectivity index (χ0) is 17.1. The maximum Gasteiger partial charge on any atom is 0.405 e. The van der Waals surface area contributed by atoms with Gasteiger partial charge in [0.25, 0.3) is 0 Å². The molecule has 1 aromatic heterocycles. The van der Waals surface area contributed by atoms with Crippen LogP contribution in [0.5, 0.6) is 5.75 Å². The Labute approximate surface area is 137 Å². The van der Waals surface area contributed by atoms with E-state index in [1.54, 1.807) is 25.3 Å². The molecular formula is C17H16FN3O3. The number of aromatic amines is 1. The molecule has 0 fully saturated rings. The van der Waals surface area contributed by atoms with Gasteiger partial charge in [-0.1, -0.05) is 12.1 Å². The van der Waals surface area contributed by atoms with Gasteiger partial charge < -0.3 is 20.1 Å². The van der Waals surface area contributed by atoms with Crippen LogP contribution >= 0.6 is 0 Å². The van der Waals surface area contributed by atoms with E-state index in [-0.39, 0.29) is 5.82 Å². The summed E-state index contributed by atoms with van der Waals surface area (Å²) in [4.78, 5) is 18.5. The van der Waals surface area contributed by atoms with Crippen molar-refractivity contribution in [3.05, 3.63) is 59.7 Å². The van der Waals surface area contributed by atoms with Crippen LogP contribution in [0.4, 0.5) is 9.18 Å². The first-order valence-electron chi connectivity index (χ1n) is 7.32. The van der Waals surface area contributed by atoms with Crippen LogP contribution in [0.2, 0.25) is 0 Å². The number of rotatable bonds is 5. The fraction of sp³-hybridized carbons (Fsp3) is 0.176. The van der Waals surface area contributed by atoms with Crippen molar-refractivity contribution in [3.8, 4) is 5.75 Å². The van der Waals surface area contributed by atoms with Crippen LogP contribution in [-0.2, 0) is 6.42 Å². The van der Waals surface area contributed by atoms with Crippen LogP contribution < -0.4 is 10.1 Å². The van der Waals surface area contributed by atoms with E-state index in [9.17, 15) is 9.18 Å². The molecule has 3 N–H and O–H groups in total. The lowest BCUT2D eigenvalue weighted by Gasteiger charge is -2.15. The Bertz CT molecular complexity index is 861. The number of benzene rings is 2. The van der Waals surface area contributed by atoms with Crippen LogP contribution in [-0.4, -0.2) is 28.3 Å². The number of carbonyl (C=O) groups is 1. The maximum atomic E-state index is 13.3. The number of fused-ring (bicyclic) bond motifs is 1.